The van der Waals surface area contributed by atoms with Gasteiger partial charge in [0.2, 0.25) is 0 Å². The largest absolute Gasteiger partial charge is 0.351 e. The van der Waals surface area contributed by atoms with Gasteiger partial charge in [0, 0.05) is 23.8 Å². The third kappa shape index (κ3) is 2.88. The Morgan fingerprint density at radius 1 is 1.62 bits per heavy atom. The fourth-order valence-corrected chi connectivity index (χ4v) is 2.28. The van der Waals surface area contributed by atoms with Gasteiger partial charge in [0.25, 0.3) is 5.91 Å². The average Bonchev–Trinajstić information content (AvgIpc) is 3.00. The lowest BCUT2D eigenvalue weighted by atomic mass is 10.3. The van der Waals surface area contributed by atoms with Crippen LogP contribution in [0, 0.1) is 5.92 Å². The first-order valence-corrected chi connectivity index (χ1v) is 6.64. The Morgan fingerprint density at radius 2 is 2.38 bits per heavy atom. The zero-order valence-corrected chi connectivity index (χ0v) is 11.1. The van der Waals surface area contributed by atoms with Crippen LogP contribution in [0.2, 0.25) is 0 Å². The van der Waals surface area contributed by atoms with Crippen LogP contribution in [0.25, 0.3) is 0 Å². The summed E-state index contributed by atoms with van der Waals surface area (Å²) in [4.78, 5) is 11.9. The van der Waals surface area contributed by atoms with Gasteiger partial charge in [-0.3, -0.25) is 4.79 Å². The minimum atomic E-state index is 0.0354. The molecule has 0 saturated heterocycles. The summed E-state index contributed by atoms with van der Waals surface area (Å²) in [5.41, 5.74) is 0.741. The molecule has 0 atom stereocenters. The molecule has 0 radical (unpaired) electrons. The highest BCUT2D eigenvalue weighted by Gasteiger charge is 2.21. The normalized spacial score (nSPS) is 15.1. The molecule has 1 aromatic rings. The van der Waals surface area contributed by atoms with Crippen LogP contribution in [0.4, 0.5) is 0 Å². The van der Waals surface area contributed by atoms with Crippen molar-refractivity contribution in [2.75, 3.05) is 6.54 Å². The summed E-state index contributed by atoms with van der Waals surface area (Å²) >= 11 is 3.39. The minimum absolute atomic E-state index is 0.0354. The Labute approximate surface area is 104 Å². The van der Waals surface area contributed by atoms with Crippen LogP contribution in [0.15, 0.2) is 16.7 Å². The van der Waals surface area contributed by atoms with Crippen molar-refractivity contribution in [3.8, 4) is 0 Å². The fraction of sp³-hybridized carbons (Fsp3) is 0.583. The molecule has 1 aliphatic carbocycles. The number of carbonyl (C=O) groups is 1. The molecule has 0 bridgehead atoms. The Bertz CT molecular complexity index is 382. The highest BCUT2D eigenvalue weighted by atomic mass is 79.9. The van der Waals surface area contributed by atoms with Crippen LogP contribution >= 0.6 is 15.9 Å². The summed E-state index contributed by atoms with van der Waals surface area (Å²) in [5, 5.41) is 2.98. The minimum Gasteiger partial charge on any atom is -0.351 e. The molecule has 3 nitrogen and oxygen atoms in total. The van der Waals surface area contributed by atoms with E-state index in [4.69, 9.17) is 0 Å². The first-order chi connectivity index (χ1) is 7.70. The Hall–Kier alpha value is -0.770. The lowest BCUT2D eigenvalue weighted by Crippen LogP contribution is -2.26. The Kier molecular flexibility index (Phi) is 3.69. The second-order valence-corrected chi connectivity index (χ2v) is 5.23. The van der Waals surface area contributed by atoms with Crippen molar-refractivity contribution in [2.45, 2.75) is 32.7 Å². The van der Waals surface area contributed by atoms with Crippen molar-refractivity contribution in [1.29, 1.82) is 0 Å². The van der Waals surface area contributed by atoms with E-state index in [0.29, 0.717) is 0 Å². The number of nitrogens with zero attached hydrogens (tertiary/aromatic N) is 1. The van der Waals surface area contributed by atoms with Crippen molar-refractivity contribution in [2.24, 2.45) is 5.92 Å². The number of halogens is 1. The maximum atomic E-state index is 11.9. The van der Waals surface area contributed by atoms with E-state index in [1.807, 2.05) is 23.8 Å². The average molecular weight is 285 g/mol. The van der Waals surface area contributed by atoms with Crippen LogP contribution in [0.3, 0.4) is 0 Å². The monoisotopic (exact) mass is 284 g/mol. The first-order valence-electron chi connectivity index (χ1n) is 5.84. The molecule has 1 amide bonds. The van der Waals surface area contributed by atoms with Crippen LogP contribution in [-0.4, -0.2) is 17.0 Å². The summed E-state index contributed by atoms with van der Waals surface area (Å²) in [6, 6.07) is 1.87. The molecule has 1 saturated carbocycles. The molecular weight excluding hydrogens is 268 g/mol. The topological polar surface area (TPSA) is 34.0 Å². The lowest BCUT2D eigenvalue weighted by molar-refractivity contribution is 0.0943. The Morgan fingerprint density at radius 3 is 3.00 bits per heavy atom. The SMILES string of the molecule is CCn1cc(Br)cc1C(=O)NCCC1CC1. The molecule has 88 valence electrons. The van der Waals surface area contributed by atoms with Crippen LogP contribution < -0.4 is 5.32 Å². The summed E-state index contributed by atoms with van der Waals surface area (Å²) in [6.07, 6.45) is 5.75. The second-order valence-electron chi connectivity index (χ2n) is 4.32. The highest BCUT2D eigenvalue weighted by molar-refractivity contribution is 9.10. The molecule has 1 heterocycles. The molecule has 4 heteroatoms. The zero-order chi connectivity index (χ0) is 11.5. The predicted octanol–water partition coefficient (Wildman–Crippen LogP) is 2.80. The summed E-state index contributed by atoms with van der Waals surface area (Å²) in [5.74, 6) is 0.901. The van der Waals surface area contributed by atoms with E-state index < -0.39 is 0 Å². The van der Waals surface area contributed by atoms with Crippen molar-refractivity contribution < 1.29 is 4.79 Å². The highest BCUT2D eigenvalue weighted by Crippen LogP contribution is 2.31. The number of hydrogen-bond donors (Lipinski definition) is 1. The van der Waals surface area contributed by atoms with E-state index in [-0.39, 0.29) is 5.91 Å². The molecule has 1 aromatic heterocycles. The lowest BCUT2D eigenvalue weighted by Gasteiger charge is -2.07. The summed E-state index contributed by atoms with van der Waals surface area (Å²) in [6.45, 7) is 3.65. The van der Waals surface area contributed by atoms with Crippen molar-refractivity contribution >= 4 is 21.8 Å². The van der Waals surface area contributed by atoms with Gasteiger partial charge in [-0.15, -0.1) is 0 Å². The van der Waals surface area contributed by atoms with E-state index in [9.17, 15) is 4.79 Å². The number of rotatable bonds is 5. The summed E-state index contributed by atoms with van der Waals surface area (Å²) in [7, 11) is 0. The number of carbonyl (C=O) groups excluding carboxylic acids is 1. The third-order valence-electron chi connectivity index (χ3n) is 2.97. The molecule has 1 aliphatic rings. The van der Waals surface area contributed by atoms with E-state index in [2.05, 4.69) is 21.2 Å². The van der Waals surface area contributed by atoms with Gasteiger partial charge in [-0.05, 0) is 41.3 Å². The first kappa shape index (κ1) is 11.7. The van der Waals surface area contributed by atoms with Crippen LogP contribution in [0.5, 0.6) is 0 Å². The molecule has 16 heavy (non-hydrogen) atoms. The predicted molar refractivity (Wildman–Crippen MR) is 67.5 cm³/mol. The number of nitrogens with one attached hydrogen (secondary N) is 1. The molecule has 1 fully saturated rings. The summed E-state index contributed by atoms with van der Waals surface area (Å²) < 4.78 is 2.91. The zero-order valence-electron chi connectivity index (χ0n) is 9.50. The van der Waals surface area contributed by atoms with Gasteiger partial charge >= 0.3 is 0 Å². The van der Waals surface area contributed by atoms with Gasteiger partial charge in [-0.1, -0.05) is 12.8 Å². The number of aryl methyl sites for hydroxylation is 1. The van der Waals surface area contributed by atoms with Gasteiger partial charge in [-0.25, -0.2) is 0 Å². The van der Waals surface area contributed by atoms with Crippen molar-refractivity contribution in [3.05, 3.63) is 22.4 Å². The van der Waals surface area contributed by atoms with Crippen molar-refractivity contribution in [1.82, 2.24) is 9.88 Å². The number of aromatic nitrogens is 1. The van der Waals surface area contributed by atoms with Gasteiger partial charge in [0.15, 0.2) is 0 Å². The van der Waals surface area contributed by atoms with E-state index in [1.54, 1.807) is 0 Å². The molecule has 0 unspecified atom stereocenters. The van der Waals surface area contributed by atoms with Gasteiger partial charge in [-0.2, -0.15) is 0 Å². The quantitative estimate of drug-likeness (QED) is 0.886. The molecule has 0 spiro atoms. The van der Waals surface area contributed by atoms with E-state index in [0.717, 1.165) is 35.6 Å². The fourth-order valence-electron chi connectivity index (χ4n) is 1.81. The van der Waals surface area contributed by atoms with Gasteiger partial charge < -0.3 is 9.88 Å². The van der Waals surface area contributed by atoms with Crippen LogP contribution in [0.1, 0.15) is 36.7 Å². The standard InChI is InChI=1S/C12H17BrN2O/c1-2-15-8-10(13)7-11(15)12(16)14-6-5-9-3-4-9/h7-9H,2-6H2,1H3,(H,14,16). The second kappa shape index (κ2) is 5.04. The molecular formula is C12H17BrN2O. The maximum absolute atomic E-state index is 11.9. The van der Waals surface area contributed by atoms with Gasteiger partial charge in [0.1, 0.15) is 5.69 Å². The number of amides is 1. The Balaban J connectivity index is 1.90. The maximum Gasteiger partial charge on any atom is 0.267 e. The van der Waals surface area contributed by atoms with E-state index >= 15 is 0 Å². The molecule has 1 N–H and O–H groups in total. The molecule has 0 aromatic carbocycles. The van der Waals surface area contributed by atoms with Crippen LogP contribution in [-0.2, 0) is 6.54 Å². The molecule has 2 rings (SSSR count). The van der Waals surface area contributed by atoms with Crippen molar-refractivity contribution in [3.63, 3.8) is 0 Å². The van der Waals surface area contributed by atoms with E-state index in [1.165, 1.54) is 12.8 Å². The smallest absolute Gasteiger partial charge is 0.267 e. The van der Waals surface area contributed by atoms with Gasteiger partial charge in [0.05, 0.1) is 0 Å². The number of hydrogen-bond acceptors (Lipinski definition) is 1. The molecule has 0 aliphatic heterocycles. The third-order valence-corrected chi connectivity index (χ3v) is 3.41.